The van der Waals surface area contributed by atoms with Gasteiger partial charge in [0.25, 0.3) is 0 Å². The van der Waals surface area contributed by atoms with Crippen LogP contribution in [0.2, 0.25) is 0 Å². The monoisotopic (exact) mass is 1260 g/mol. The van der Waals surface area contributed by atoms with E-state index in [2.05, 4.69) is 29.9 Å². The fraction of sp³-hybridized carbons (Fsp3) is 0.698. The summed E-state index contributed by atoms with van der Waals surface area (Å²) < 4.78 is 117. The van der Waals surface area contributed by atoms with Crippen molar-refractivity contribution in [3.8, 4) is 5.75 Å². The number of hydrogen-bond acceptors (Lipinski definition) is 18. The normalized spacial score (nSPS) is 22.5. The van der Waals surface area contributed by atoms with Crippen molar-refractivity contribution < 1.29 is 79.0 Å². The van der Waals surface area contributed by atoms with Crippen molar-refractivity contribution >= 4 is 41.4 Å². The molecule has 2 amide bonds. The molecule has 21 nitrogen and oxygen atoms in total. The summed E-state index contributed by atoms with van der Waals surface area (Å²) in [5.74, 6) is -2.20. The summed E-state index contributed by atoms with van der Waals surface area (Å²) in [7, 11) is 0. The molecular formula is C63H90F5N9O12. The largest absolute Gasteiger partial charge is 0.420 e. The standard InChI is InChI=1S/C63H90F5N9O12/c1-44(69)77(55-39-54-63(55)19-11-53(63)76(54)21-12-52(45-5-3-2-4-6-45)73-60(80)47-9-17-62(67,68)18-10-47)59(70)46-7-15-61(16-8-46)42-75(43-61)56(78)13-22-81-25-28-84-33-34-87-35-36-88-41-49(74-71)40-72-20-24-83-27-30-86-32-31-85-29-26-82-23-14-57(79)89-58-50(65)37-48(64)38-51(58)66/h2-6,37-38,40,46-47,52-55,69-70H,7-36,39,41-43,71H2,1H3,(H,73,80)/b69-44?,70-59?,72-40?,74-49+/t52-,53?,54?,55?,63?/m0/s1. The summed E-state index contributed by atoms with van der Waals surface area (Å²) in [6, 6.07) is 11.5. The third-order valence-electron chi connectivity index (χ3n) is 18.4. The molecule has 5 atom stereocenters. The molecule has 0 bridgehead atoms. The van der Waals surface area contributed by atoms with Crippen LogP contribution in [0.15, 0.2) is 52.6 Å². The van der Waals surface area contributed by atoms with E-state index in [0.29, 0.717) is 134 Å². The summed E-state index contributed by atoms with van der Waals surface area (Å²) in [5, 5.41) is 25.3. The molecule has 4 aliphatic carbocycles. The van der Waals surface area contributed by atoms with Gasteiger partial charge in [0.2, 0.25) is 23.5 Å². The maximum atomic E-state index is 13.9. The second-order valence-corrected chi connectivity index (χ2v) is 24.1. The number of esters is 1. The topological polar surface area (TPSA) is 254 Å². The molecule has 0 radical (unpaired) electrons. The molecule has 6 aliphatic rings. The van der Waals surface area contributed by atoms with Gasteiger partial charge in [-0.1, -0.05) is 30.3 Å². The quantitative estimate of drug-likeness (QED) is 0.00750. The van der Waals surface area contributed by atoms with Gasteiger partial charge in [-0.2, -0.15) is 5.10 Å². The first-order valence-corrected chi connectivity index (χ1v) is 31.5. The molecular weight excluding hydrogens is 1170 g/mol. The molecule has 2 heterocycles. The van der Waals surface area contributed by atoms with Gasteiger partial charge >= 0.3 is 5.97 Å². The Morgan fingerprint density at radius 3 is 1.82 bits per heavy atom. The molecule has 4 unspecified atom stereocenters. The highest BCUT2D eigenvalue weighted by atomic mass is 19.3. The Morgan fingerprint density at radius 2 is 1.27 bits per heavy atom. The van der Waals surface area contributed by atoms with E-state index in [1.807, 2.05) is 42.2 Å². The van der Waals surface area contributed by atoms with Crippen LogP contribution in [0.4, 0.5) is 22.0 Å². The SMILES string of the molecule is CC(=N)N(C(=N)C1CCC2(CC1)CN(C(=O)CCOCCOCCOCCOC/C(C=NCCOCCOCCOCCOCCC(=O)Oc1c(F)cc(F)cc1F)=N/N)C2)C1CC2N(CC[C@H](NC(=O)C3CCC(F)(F)CC3)c3ccccc3)C3CCC132. The number of likely N-dealkylation sites (tertiary alicyclic amines) is 2. The van der Waals surface area contributed by atoms with Crippen LogP contribution < -0.4 is 15.9 Å². The molecule has 2 spiro atoms. The Balaban J connectivity index is 0.577. The molecule has 26 heteroatoms. The first-order valence-electron chi connectivity index (χ1n) is 31.5. The number of nitrogens with zero attached hydrogens (tertiary/aromatic N) is 5. The lowest BCUT2D eigenvalue weighted by Gasteiger charge is -2.81. The van der Waals surface area contributed by atoms with Crippen LogP contribution in [0.1, 0.15) is 108 Å². The Morgan fingerprint density at radius 1 is 0.719 bits per heavy atom. The number of hydrogen-bond donors (Lipinski definition) is 4. The maximum Gasteiger partial charge on any atom is 0.313 e. The van der Waals surface area contributed by atoms with Crippen molar-refractivity contribution in [1.82, 2.24) is 20.0 Å². The predicted octanol–water partition coefficient (Wildman–Crippen LogP) is 7.28. The number of carbonyl (C=O) groups excluding carboxylic acids is 3. The average Bonchev–Trinajstić information content (AvgIpc) is 0.656. The van der Waals surface area contributed by atoms with E-state index in [-0.39, 0.29) is 99.2 Å². The van der Waals surface area contributed by atoms with Crippen molar-refractivity contribution in [2.75, 3.05) is 132 Å². The number of halogens is 5. The minimum absolute atomic E-state index is 0.0600. The van der Waals surface area contributed by atoms with Gasteiger partial charge in [-0.25, -0.2) is 22.0 Å². The number of amides is 2. The zero-order chi connectivity index (χ0) is 63.2. The first-order chi connectivity index (χ1) is 43.0. The van der Waals surface area contributed by atoms with E-state index in [4.69, 9.17) is 49.1 Å². The van der Waals surface area contributed by atoms with Crippen molar-refractivity contribution in [2.45, 2.75) is 127 Å². The van der Waals surface area contributed by atoms with Crippen molar-refractivity contribution in [3.05, 3.63) is 65.5 Å². The van der Waals surface area contributed by atoms with Gasteiger partial charge in [-0.15, -0.1) is 0 Å². The van der Waals surface area contributed by atoms with E-state index in [0.717, 1.165) is 76.6 Å². The number of aliphatic imine (C=N–C) groups is 1. The molecule has 89 heavy (non-hydrogen) atoms. The summed E-state index contributed by atoms with van der Waals surface area (Å²) in [6.45, 7) is 9.16. The van der Waals surface area contributed by atoms with Crippen LogP contribution in [0.3, 0.4) is 0 Å². The number of piperidine rings is 2. The molecule has 2 saturated heterocycles. The van der Waals surface area contributed by atoms with Crippen LogP contribution in [-0.4, -0.2) is 212 Å². The van der Waals surface area contributed by atoms with E-state index in [9.17, 15) is 41.7 Å². The van der Waals surface area contributed by atoms with Crippen molar-refractivity contribution in [3.63, 3.8) is 0 Å². The number of amidine groups is 2. The molecule has 494 valence electrons. The highest BCUT2D eigenvalue weighted by Crippen LogP contribution is 2.69. The second kappa shape index (κ2) is 34.2. The van der Waals surface area contributed by atoms with Gasteiger partial charge in [0.15, 0.2) is 11.6 Å². The van der Waals surface area contributed by atoms with E-state index >= 15 is 0 Å². The third-order valence-corrected chi connectivity index (χ3v) is 18.4. The minimum atomic E-state index is -2.68. The summed E-state index contributed by atoms with van der Waals surface area (Å²) in [6.07, 6.45) is 8.97. The molecule has 2 aromatic carbocycles. The molecule has 2 aromatic rings. The number of rotatable bonds is 39. The van der Waals surface area contributed by atoms with Gasteiger partial charge in [0, 0.05) is 91.6 Å². The van der Waals surface area contributed by atoms with Crippen LogP contribution in [0.5, 0.6) is 5.75 Å². The Labute approximate surface area is 518 Å². The van der Waals surface area contributed by atoms with E-state index in [1.165, 1.54) is 6.21 Å². The van der Waals surface area contributed by atoms with Crippen LogP contribution >= 0.6 is 0 Å². The predicted molar refractivity (Wildman–Crippen MR) is 320 cm³/mol. The van der Waals surface area contributed by atoms with Gasteiger partial charge < -0.3 is 63.6 Å². The molecule has 0 aromatic heterocycles. The minimum Gasteiger partial charge on any atom is -0.420 e. The molecule has 4 saturated carbocycles. The Hall–Kier alpha value is -5.58. The highest BCUT2D eigenvalue weighted by Gasteiger charge is 2.76. The average molecular weight is 1260 g/mol. The highest BCUT2D eigenvalue weighted by molar-refractivity contribution is 6.31. The maximum absolute atomic E-state index is 13.9. The number of ether oxygens (including phenoxy) is 9. The number of carbonyl (C=O) groups is 3. The van der Waals surface area contributed by atoms with Crippen molar-refractivity contribution in [2.24, 2.45) is 38.6 Å². The lowest BCUT2D eigenvalue weighted by Crippen LogP contribution is -2.89. The smallest absolute Gasteiger partial charge is 0.313 e. The second-order valence-electron chi connectivity index (χ2n) is 24.1. The molecule has 8 rings (SSSR count). The fourth-order valence-corrected chi connectivity index (χ4v) is 13.5. The summed E-state index contributed by atoms with van der Waals surface area (Å²) in [5.41, 5.74) is 1.65. The van der Waals surface area contributed by atoms with Crippen molar-refractivity contribution in [1.29, 1.82) is 10.8 Å². The number of alkyl halides is 2. The van der Waals surface area contributed by atoms with Gasteiger partial charge in [0.1, 0.15) is 17.4 Å². The first kappa shape index (κ1) is 69.3. The summed E-state index contributed by atoms with van der Waals surface area (Å²) in [4.78, 5) is 49.0. The number of benzene rings is 2. The Kier molecular flexibility index (Phi) is 26.6. The van der Waals surface area contributed by atoms with Gasteiger partial charge in [-0.05, 0) is 76.7 Å². The number of hydrazone groups is 1. The van der Waals surface area contributed by atoms with Crippen LogP contribution in [-0.2, 0) is 52.3 Å². The third kappa shape index (κ3) is 19.2. The van der Waals surface area contributed by atoms with Gasteiger partial charge in [0.05, 0.1) is 137 Å². The molecule has 2 aliphatic heterocycles. The molecule has 5 N–H and O–H groups in total. The molecule has 6 fully saturated rings. The van der Waals surface area contributed by atoms with Crippen LogP contribution in [0.25, 0.3) is 0 Å². The van der Waals surface area contributed by atoms with E-state index in [1.54, 1.807) is 0 Å². The fourth-order valence-electron chi connectivity index (χ4n) is 13.5. The van der Waals surface area contributed by atoms with Crippen LogP contribution in [0, 0.1) is 50.9 Å². The van der Waals surface area contributed by atoms with Gasteiger partial charge in [-0.3, -0.25) is 35.1 Å². The number of nitrogens with one attached hydrogen (secondary N) is 3. The zero-order valence-corrected chi connectivity index (χ0v) is 51.2. The Bertz CT molecular complexity index is 2650. The zero-order valence-electron chi connectivity index (χ0n) is 51.2. The summed E-state index contributed by atoms with van der Waals surface area (Å²) >= 11 is 0. The lowest BCUT2D eigenvalue weighted by atomic mass is 9.39. The number of nitrogens with two attached hydrogens (primary N) is 1. The van der Waals surface area contributed by atoms with E-state index < -0.39 is 41.0 Å². The lowest BCUT2D eigenvalue weighted by molar-refractivity contribution is -0.291.